The van der Waals surface area contributed by atoms with Crippen LogP contribution in [0.25, 0.3) is 0 Å². The third-order valence-corrected chi connectivity index (χ3v) is 6.67. The predicted molar refractivity (Wildman–Crippen MR) is 115 cm³/mol. The lowest BCUT2D eigenvalue weighted by Gasteiger charge is -2.32. The van der Waals surface area contributed by atoms with Crippen molar-refractivity contribution in [1.29, 1.82) is 0 Å². The minimum atomic E-state index is -0.0555. The van der Waals surface area contributed by atoms with E-state index in [9.17, 15) is 0 Å². The lowest BCUT2D eigenvalue weighted by Crippen LogP contribution is -2.23. The van der Waals surface area contributed by atoms with E-state index in [1.165, 1.54) is 16.4 Å². The van der Waals surface area contributed by atoms with Crippen LogP contribution < -0.4 is 14.8 Å². The Balaban J connectivity index is 2.45. The van der Waals surface area contributed by atoms with E-state index in [0.717, 1.165) is 24.5 Å². The topological polar surface area (TPSA) is 30.9 Å². The minimum Gasteiger partial charge on any atom is -0.497 e. The highest BCUT2D eigenvalue weighted by Crippen LogP contribution is 2.48. The summed E-state index contributed by atoms with van der Waals surface area (Å²) in [6, 6.07) is 14.8. The Kier molecular flexibility index (Phi) is 8.09. The molecule has 0 aliphatic carbocycles. The quantitative estimate of drug-likeness (QED) is 0.446. The van der Waals surface area contributed by atoms with Crippen LogP contribution in [0.5, 0.6) is 11.5 Å². The van der Waals surface area contributed by atoms with Crippen molar-refractivity contribution in [2.24, 2.45) is 0 Å². The summed E-state index contributed by atoms with van der Waals surface area (Å²) >= 11 is 0. The Bertz CT molecular complexity index is 735. The number of hydrogen-bond donors (Lipinski definition) is 0. The summed E-state index contributed by atoms with van der Waals surface area (Å²) in [4.78, 5) is 2.21. The summed E-state index contributed by atoms with van der Waals surface area (Å²) in [7, 11) is 8.18. The van der Waals surface area contributed by atoms with Crippen LogP contribution in [-0.2, 0) is 16.4 Å². The molecule has 0 N–H and O–H groups in total. The lowest BCUT2D eigenvalue weighted by molar-refractivity contribution is 0.0500. The SMILES string of the molecule is CCC(C)(Pc1ccccc1CN(C)C)c1cc(OC)ccc1OCOC. The van der Waals surface area contributed by atoms with Crippen LogP contribution in [0.3, 0.4) is 0 Å². The number of benzene rings is 2. The molecular formula is C22H32NO3P. The van der Waals surface area contributed by atoms with Crippen LogP contribution in [-0.4, -0.2) is 40.0 Å². The number of methoxy groups -OCH3 is 2. The molecule has 5 heteroatoms. The maximum atomic E-state index is 5.88. The second-order valence-electron chi connectivity index (χ2n) is 7.12. The van der Waals surface area contributed by atoms with E-state index in [0.29, 0.717) is 8.58 Å². The second kappa shape index (κ2) is 10.1. The summed E-state index contributed by atoms with van der Waals surface area (Å²) in [6.07, 6.45) is 0.998. The summed E-state index contributed by atoms with van der Waals surface area (Å²) in [5.41, 5.74) is 2.54. The molecule has 0 saturated carbocycles. The summed E-state index contributed by atoms with van der Waals surface area (Å²) in [5.74, 6) is 1.71. The molecule has 2 unspecified atom stereocenters. The second-order valence-corrected chi connectivity index (χ2v) is 9.01. The molecule has 0 fully saturated rings. The van der Waals surface area contributed by atoms with Crippen molar-refractivity contribution >= 4 is 13.9 Å². The standard InChI is InChI=1S/C22H32NO3P/c1-7-22(2,27-21-11-9-8-10-17(21)15-23(3)4)19-14-18(25-6)12-13-20(19)26-16-24-5/h8-14,27H,7,15-16H2,1-6H3. The number of nitrogens with zero attached hydrogens (tertiary/aromatic N) is 1. The fourth-order valence-electron chi connectivity index (χ4n) is 3.08. The van der Waals surface area contributed by atoms with Gasteiger partial charge in [0.15, 0.2) is 6.79 Å². The molecule has 148 valence electrons. The van der Waals surface area contributed by atoms with Crippen molar-refractivity contribution in [2.45, 2.75) is 32.0 Å². The molecule has 0 saturated heterocycles. The van der Waals surface area contributed by atoms with Crippen LogP contribution in [0, 0.1) is 0 Å². The van der Waals surface area contributed by atoms with E-state index in [1.54, 1.807) is 14.2 Å². The van der Waals surface area contributed by atoms with Crippen molar-refractivity contribution in [3.63, 3.8) is 0 Å². The first-order chi connectivity index (χ1) is 12.9. The van der Waals surface area contributed by atoms with Gasteiger partial charge in [-0.15, -0.1) is 0 Å². The molecule has 2 atom stereocenters. The minimum absolute atomic E-state index is 0.0555. The maximum absolute atomic E-state index is 5.88. The average Bonchev–Trinajstić information content (AvgIpc) is 2.67. The van der Waals surface area contributed by atoms with Crippen LogP contribution in [0.15, 0.2) is 42.5 Å². The first kappa shape index (κ1) is 21.7. The monoisotopic (exact) mass is 389 g/mol. The molecule has 0 aliphatic heterocycles. The smallest absolute Gasteiger partial charge is 0.188 e. The lowest BCUT2D eigenvalue weighted by atomic mass is 9.96. The predicted octanol–water partition coefficient (Wildman–Crippen LogP) is 4.37. The average molecular weight is 389 g/mol. The molecule has 0 radical (unpaired) electrons. The number of hydrogen-bond acceptors (Lipinski definition) is 4. The van der Waals surface area contributed by atoms with Gasteiger partial charge in [-0.05, 0) is 49.6 Å². The molecular weight excluding hydrogens is 357 g/mol. The van der Waals surface area contributed by atoms with Crippen LogP contribution >= 0.6 is 8.58 Å². The van der Waals surface area contributed by atoms with Crippen LogP contribution in [0.1, 0.15) is 31.4 Å². The Morgan fingerprint density at radius 2 is 1.81 bits per heavy atom. The fraction of sp³-hybridized carbons (Fsp3) is 0.455. The van der Waals surface area contributed by atoms with Gasteiger partial charge in [0.2, 0.25) is 0 Å². The van der Waals surface area contributed by atoms with E-state index in [4.69, 9.17) is 14.2 Å². The van der Waals surface area contributed by atoms with Crippen LogP contribution in [0.2, 0.25) is 0 Å². The van der Waals surface area contributed by atoms with Crippen molar-refractivity contribution < 1.29 is 14.2 Å². The van der Waals surface area contributed by atoms with Gasteiger partial charge in [0.1, 0.15) is 11.5 Å². The van der Waals surface area contributed by atoms with Gasteiger partial charge in [-0.2, -0.15) is 0 Å². The maximum Gasteiger partial charge on any atom is 0.188 e. The highest BCUT2D eigenvalue weighted by molar-refractivity contribution is 7.48. The van der Waals surface area contributed by atoms with Gasteiger partial charge in [-0.1, -0.05) is 46.7 Å². The van der Waals surface area contributed by atoms with E-state index < -0.39 is 0 Å². The van der Waals surface area contributed by atoms with Crippen LogP contribution in [0.4, 0.5) is 0 Å². The number of ether oxygens (including phenoxy) is 3. The molecule has 2 rings (SSSR count). The Hall–Kier alpha value is -1.61. The van der Waals surface area contributed by atoms with E-state index in [2.05, 4.69) is 63.2 Å². The highest BCUT2D eigenvalue weighted by Gasteiger charge is 2.30. The molecule has 0 amide bonds. The zero-order chi connectivity index (χ0) is 19.9. The fourth-order valence-corrected chi connectivity index (χ4v) is 4.68. The zero-order valence-electron chi connectivity index (χ0n) is 17.3. The van der Waals surface area contributed by atoms with Crippen molar-refractivity contribution in [1.82, 2.24) is 4.90 Å². The first-order valence-corrected chi connectivity index (χ1v) is 10.2. The van der Waals surface area contributed by atoms with Gasteiger partial charge in [-0.3, -0.25) is 0 Å². The molecule has 0 aliphatic rings. The third kappa shape index (κ3) is 5.68. The van der Waals surface area contributed by atoms with Gasteiger partial charge in [-0.25, -0.2) is 0 Å². The highest BCUT2D eigenvalue weighted by atomic mass is 31.1. The third-order valence-electron chi connectivity index (χ3n) is 4.74. The normalized spacial score (nSPS) is 13.9. The molecule has 0 bridgehead atoms. The molecule has 0 heterocycles. The summed E-state index contributed by atoms with van der Waals surface area (Å²) < 4.78 is 16.5. The summed E-state index contributed by atoms with van der Waals surface area (Å²) in [5, 5.41) is 1.34. The van der Waals surface area contributed by atoms with E-state index >= 15 is 0 Å². The Labute approximate surface area is 165 Å². The summed E-state index contributed by atoms with van der Waals surface area (Å²) in [6.45, 7) is 5.72. The molecule has 2 aromatic carbocycles. The molecule has 2 aromatic rings. The van der Waals surface area contributed by atoms with Crippen molar-refractivity contribution in [2.75, 3.05) is 35.1 Å². The first-order valence-electron chi connectivity index (χ1n) is 9.24. The van der Waals surface area contributed by atoms with Gasteiger partial charge in [0.25, 0.3) is 0 Å². The van der Waals surface area contributed by atoms with Crippen molar-refractivity contribution in [3.8, 4) is 11.5 Å². The molecule has 27 heavy (non-hydrogen) atoms. The number of rotatable bonds is 10. The van der Waals surface area contributed by atoms with Gasteiger partial charge in [0, 0.05) is 24.4 Å². The van der Waals surface area contributed by atoms with E-state index in [1.807, 2.05) is 12.1 Å². The zero-order valence-corrected chi connectivity index (χ0v) is 18.3. The van der Waals surface area contributed by atoms with Gasteiger partial charge < -0.3 is 19.1 Å². The van der Waals surface area contributed by atoms with Gasteiger partial charge in [0.05, 0.1) is 7.11 Å². The van der Waals surface area contributed by atoms with Crippen molar-refractivity contribution in [3.05, 3.63) is 53.6 Å². The Morgan fingerprint density at radius 3 is 2.44 bits per heavy atom. The molecule has 0 aromatic heterocycles. The Morgan fingerprint density at radius 1 is 1.07 bits per heavy atom. The largest absolute Gasteiger partial charge is 0.497 e. The molecule has 4 nitrogen and oxygen atoms in total. The van der Waals surface area contributed by atoms with E-state index in [-0.39, 0.29) is 11.9 Å². The van der Waals surface area contributed by atoms with Gasteiger partial charge >= 0.3 is 0 Å². The molecule has 0 spiro atoms.